The first-order valence-corrected chi connectivity index (χ1v) is 6.76. The average Bonchev–Trinajstić information content (AvgIpc) is 2.71. The van der Waals surface area contributed by atoms with Crippen molar-refractivity contribution in [2.45, 2.75) is 37.2 Å². The van der Waals surface area contributed by atoms with Crippen molar-refractivity contribution < 1.29 is 20.5 Å². The minimum Gasteiger partial charge on any atom is -0.393 e. The van der Waals surface area contributed by atoms with Crippen molar-refractivity contribution in [1.29, 1.82) is 0 Å². The number of aliphatic hydroxyl groups excluding tert-OH is 3. The summed E-state index contributed by atoms with van der Waals surface area (Å²) in [7, 11) is 0. The molecular formula is C13H17N3O5. The van der Waals surface area contributed by atoms with Crippen molar-refractivity contribution in [1.82, 2.24) is 9.55 Å². The quantitative estimate of drug-likeness (QED) is 0.350. The van der Waals surface area contributed by atoms with Gasteiger partial charge in [0, 0.05) is 12.1 Å². The van der Waals surface area contributed by atoms with Crippen LogP contribution in [0.3, 0.4) is 0 Å². The van der Waals surface area contributed by atoms with E-state index in [1.165, 1.54) is 16.8 Å². The second kappa shape index (κ2) is 5.23. The molecule has 0 amide bonds. The third kappa shape index (κ3) is 2.26. The second-order valence-electron chi connectivity index (χ2n) is 5.48. The number of hydrogen-bond acceptors (Lipinski definition) is 7. The Bertz CT molecular complexity index is 628. The molecule has 1 fully saturated rings. The molecule has 2 aliphatic carbocycles. The van der Waals surface area contributed by atoms with Crippen LogP contribution in [0.15, 0.2) is 28.7 Å². The lowest BCUT2D eigenvalue weighted by molar-refractivity contribution is -0.00392. The van der Waals surface area contributed by atoms with Gasteiger partial charge in [0.2, 0.25) is 0 Å². The van der Waals surface area contributed by atoms with Gasteiger partial charge in [-0.05, 0) is 24.5 Å². The average molecular weight is 295 g/mol. The standard InChI is InChI=1S/C13H17N3O5/c17-6-1-2-7-8(5-6)11(18)12(19)10(7)16-4-3-9(15-21)14-13(16)20/h2-4,6,8,10-12,17-19,21H,1,5H2,(H,14,15,20)/t6-,8-,10+,11+,12-/m0/s1. The van der Waals surface area contributed by atoms with Gasteiger partial charge in [0.1, 0.15) is 6.10 Å². The highest BCUT2D eigenvalue weighted by Gasteiger charge is 2.48. The molecule has 0 saturated heterocycles. The van der Waals surface area contributed by atoms with E-state index in [1.54, 1.807) is 11.6 Å². The Morgan fingerprint density at radius 1 is 1.29 bits per heavy atom. The topological polar surface area (TPSA) is 128 Å². The number of rotatable bonds is 2. The Morgan fingerprint density at radius 2 is 2.05 bits per heavy atom. The summed E-state index contributed by atoms with van der Waals surface area (Å²) in [5, 5.41) is 38.8. The van der Waals surface area contributed by atoms with Gasteiger partial charge in [-0.1, -0.05) is 6.08 Å². The lowest BCUT2D eigenvalue weighted by Gasteiger charge is -2.25. The zero-order chi connectivity index (χ0) is 15.1. The first-order chi connectivity index (χ1) is 10.0. The van der Waals surface area contributed by atoms with Gasteiger partial charge in [-0.15, -0.1) is 0 Å². The Balaban J connectivity index is 2.03. The van der Waals surface area contributed by atoms with Crippen molar-refractivity contribution >= 4 is 5.82 Å². The first-order valence-electron chi connectivity index (χ1n) is 6.76. The highest BCUT2D eigenvalue weighted by atomic mass is 16.5. The van der Waals surface area contributed by atoms with Crippen LogP contribution in [-0.2, 0) is 0 Å². The Labute approximate surface area is 120 Å². The molecule has 1 heterocycles. The number of nitrogens with one attached hydrogen (secondary N) is 1. The van der Waals surface area contributed by atoms with E-state index in [0.717, 1.165) is 5.57 Å². The predicted octanol–water partition coefficient (Wildman–Crippen LogP) is -0.982. The van der Waals surface area contributed by atoms with Gasteiger partial charge in [-0.2, -0.15) is 4.98 Å². The summed E-state index contributed by atoms with van der Waals surface area (Å²) in [4.78, 5) is 15.6. The molecule has 0 spiro atoms. The van der Waals surface area contributed by atoms with E-state index in [2.05, 4.69) is 4.98 Å². The highest BCUT2D eigenvalue weighted by Crippen LogP contribution is 2.44. The van der Waals surface area contributed by atoms with Gasteiger partial charge in [0.05, 0.1) is 18.2 Å². The molecule has 8 nitrogen and oxygen atoms in total. The molecule has 0 unspecified atom stereocenters. The number of anilines is 1. The van der Waals surface area contributed by atoms with Crippen LogP contribution in [0.25, 0.3) is 0 Å². The molecule has 0 radical (unpaired) electrons. The largest absolute Gasteiger partial charge is 0.393 e. The Morgan fingerprint density at radius 3 is 2.71 bits per heavy atom. The SMILES string of the molecule is O=c1nc(NO)ccn1[C@@H]1C2=CC[C@H](O)C[C@@H]2[C@@H](O)[C@H]1O. The molecule has 0 aliphatic heterocycles. The normalized spacial score (nSPS) is 35.2. The maximum absolute atomic E-state index is 12.0. The van der Waals surface area contributed by atoms with Gasteiger partial charge >= 0.3 is 5.69 Å². The zero-order valence-electron chi connectivity index (χ0n) is 11.1. The van der Waals surface area contributed by atoms with E-state index in [-0.39, 0.29) is 11.7 Å². The molecule has 8 heteroatoms. The van der Waals surface area contributed by atoms with Crippen LogP contribution >= 0.6 is 0 Å². The summed E-state index contributed by atoms with van der Waals surface area (Å²) in [5.74, 6) is -0.356. The minimum absolute atomic E-state index is 0.00822. The zero-order valence-corrected chi connectivity index (χ0v) is 11.1. The van der Waals surface area contributed by atoms with Crippen molar-refractivity contribution in [3.8, 4) is 0 Å². The molecule has 3 rings (SSSR count). The highest BCUT2D eigenvalue weighted by molar-refractivity contribution is 5.31. The van der Waals surface area contributed by atoms with Crippen LogP contribution in [0, 0.1) is 5.92 Å². The smallest absolute Gasteiger partial charge is 0.350 e. The molecule has 21 heavy (non-hydrogen) atoms. The van der Waals surface area contributed by atoms with E-state index in [0.29, 0.717) is 12.8 Å². The van der Waals surface area contributed by atoms with E-state index in [4.69, 9.17) is 5.21 Å². The van der Waals surface area contributed by atoms with E-state index >= 15 is 0 Å². The van der Waals surface area contributed by atoms with E-state index < -0.39 is 30.0 Å². The molecule has 0 aromatic carbocycles. The van der Waals surface area contributed by atoms with Crippen molar-refractivity contribution in [3.05, 3.63) is 34.4 Å². The van der Waals surface area contributed by atoms with Gasteiger partial charge in [-0.3, -0.25) is 15.3 Å². The maximum Gasteiger partial charge on any atom is 0.350 e. The third-order valence-electron chi connectivity index (χ3n) is 4.25. The number of hydrogen-bond donors (Lipinski definition) is 5. The summed E-state index contributed by atoms with van der Waals surface area (Å²) >= 11 is 0. The summed E-state index contributed by atoms with van der Waals surface area (Å²) in [6, 6.07) is 0.691. The molecule has 5 atom stereocenters. The fourth-order valence-electron chi connectivity index (χ4n) is 3.26. The monoisotopic (exact) mass is 295 g/mol. The van der Waals surface area contributed by atoms with Crippen molar-refractivity contribution in [2.24, 2.45) is 5.92 Å². The van der Waals surface area contributed by atoms with Gasteiger partial charge in [0.25, 0.3) is 0 Å². The van der Waals surface area contributed by atoms with Gasteiger partial charge in [0.15, 0.2) is 5.82 Å². The molecule has 1 aromatic heterocycles. The summed E-state index contributed by atoms with van der Waals surface area (Å²) in [5.41, 5.74) is 1.89. The summed E-state index contributed by atoms with van der Waals surface area (Å²) in [6.07, 6.45) is 1.25. The first kappa shape index (κ1) is 14.2. The third-order valence-corrected chi connectivity index (χ3v) is 4.25. The predicted molar refractivity (Wildman–Crippen MR) is 71.8 cm³/mol. The molecular weight excluding hydrogens is 278 g/mol. The van der Waals surface area contributed by atoms with Gasteiger partial charge < -0.3 is 15.3 Å². The minimum atomic E-state index is -1.14. The van der Waals surface area contributed by atoms with Crippen molar-refractivity contribution in [3.63, 3.8) is 0 Å². The second-order valence-corrected chi connectivity index (χ2v) is 5.48. The maximum atomic E-state index is 12.0. The lowest BCUT2D eigenvalue weighted by Crippen LogP contribution is -2.35. The van der Waals surface area contributed by atoms with Crippen LogP contribution < -0.4 is 11.2 Å². The van der Waals surface area contributed by atoms with Crippen LogP contribution in [0.2, 0.25) is 0 Å². The summed E-state index contributed by atoms with van der Waals surface area (Å²) in [6.45, 7) is 0. The molecule has 1 aromatic rings. The van der Waals surface area contributed by atoms with Crippen LogP contribution in [-0.4, -0.2) is 48.4 Å². The molecule has 2 aliphatic rings. The Hall–Kier alpha value is -1.74. The number of nitrogens with zero attached hydrogens (tertiary/aromatic N) is 2. The fraction of sp³-hybridized carbons (Fsp3) is 0.538. The molecule has 5 N–H and O–H groups in total. The van der Waals surface area contributed by atoms with Crippen molar-refractivity contribution in [2.75, 3.05) is 5.48 Å². The molecule has 0 bridgehead atoms. The number of aliphatic hydroxyl groups is 3. The van der Waals surface area contributed by atoms with Gasteiger partial charge in [-0.25, -0.2) is 4.79 Å². The molecule has 114 valence electrons. The van der Waals surface area contributed by atoms with Crippen LogP contribution in [0.5, 0.6) is 0 Å². The molecule has 1 saturated carbocycles. The van der Waals surface area contributed by atoms with E-state index in [9.17, 15) is 20.1 Å². The van der Waals surface area contributed by atoms with Crippen LogP contribution in [0.4, 0.5) is 5.82 Å². The number of aromatic nitrogens is 2. The number of fused-ring (bicyclic) bond motifs is 1. The fourth-order valence-corrected chi connectivity index (χ4v) is 3.26. The van der Waals surface area contributed by atoms with E-state index in [1.807, 2.05) is 0 Å². The summed E-state index contributed by atoms with van der Waals surface area (Å²) < 4.78 is 1.23. The lowest BCUT2D eigenvalue weighted by atomic mass is 9.86. The van der Waals surface area contributed by atoms with Crippen LogP contribution in [0.1, 0.15) is 18.9 Å². The Kier molecular flexibility index (Phi) is 3.54.